The lowest BCUT2D eigenvalue weighted by atomic mass is 9.98. The van der Waals surface area contributed by atoms with Crippen molar-refractivity contribution in [3.8, 4) is 11.1 Å². The van der Waals surface area contributed by atoms with E-state index in [0.29, 0.717) is 19.0 Å². The Kier molecular flexibility index (Phi) is 7.50. The van der Waals surface area contributed by atoms with Crippen LogP contribution < -0.4 is 5.32 Å². The van der Waals surface area contributed by atoms with E-state index in [1.807, 2.05) is 43.3 Å². The fourth-order valence-electron chi connectivity index (χ4n) is 4.70. The van der Waals surface area contributed by atoms with Crippen molar-refractivity contribution in [2.45, 2.75) is 51.0 Å². The highest BCUT2D eigenvalue weighted by Crippen LogP contribution is 2.44. The minimum Gasteiger partial charge on any atom is -0.481 e. The van der Waals surface area contributed by atoms with Crippen LogP contribution in [0.2, 0.25) is 0 Å². The summed E-state index contributed by atoms with van der Waals surface area (Å²) in [7, 11) is 0. The van der Waals surface area contributed by atoms with Gasteiger partial charge < -0.3 is 20.1 Å². The number of likely N-dealkylation sites (N-methyl/N-ethyl adjacent to an activating group) is 1. The number of carbonyl (C=O) groups excluding carboxylic acids is 2. The van der Waals surface area contributed by atoms with Crippen molar-refractivity contribution in [2.24, 2.45) is 5.92 Å². The molecule has 0 heterocycles. The number of fused-ring (bicyclic) bond motifs is 3. The summed E-state index contributed by atoms with van der Waals surface area (Å²) >= 11 is 0. The Labute approximate surface area is 200 Å². The summed E-state index contributed by atoms with van der Waals surface area (Å²) in [5, 5.41) is 11.8. The zero-order valence-corrected chi connectivity index (χ0v) is 19.5. The minimum absolute atomic E-state index is 0.0261. The van der Waals surface area contributed by atoms with E-state index >= 15 is 0 Å². The Morgan fingerprint density at radius 3 is 2.24 bits per heavy atom. The predicted molar refractivity (Wildman–Crippen MR) is 128 cm³/mol. The molecule has 180 valence electrons. The number of ether oxygens (including phenoxy) is 1. The van der Waals surface area contributed by atoms with E-state index in [4.69, 9.17) is 9.84 Å². The second-order valence-corrected chi connectivity index (χ2v) is 9.10. The molecule has 4 rings (SSSR count). The zero-order chi connectivity index (χ0) is 24.1. The second kappa shape index (κ2) is 10.7. The summed E-state index contributed by atoms with van der Waals surface area (Å²) in [6.07, 6.45) is 2.46. The van der Waals surface area contributed by atoms with Gasteiger partial charge >= 0.3 is 12.1 Å². The monoisotopic (exact) mass is 464 g/mol. The maximum atomic E-state index is 13.1. The van der Waals surface area contributed by atoms with Crippen molar-refractivity contribution in [3.63, 3.8) is 0 Å². The molecule has 1 fully saturated rings. The van der Waals surface area contributed by atoms with E-state index in [2.05, 4.69) is 17.4 Å². The first kappa shape index (κ1) is 23.8. The molecule has 0 bridgehead atoms. The third-order valence-corrected chi connectivity index (χ3v) is 6.78. The lowest BCUT2D eigenvalue weighted by molar-refractivity contribution is -0.138. The number of benzene rings is 2. The van der Waals surface area contributed by atoms with Crippen LogP contribution in [-0.4, -0.2) is 53.7 Å². The van der Waals surface area contributed by atoms with E-state index in [9.17, 15) is 14.4 Å². The summed E-state index contributed by atoms with van der Waals surface area (Å²) < 4.78 is 5.58. The molecular formula is C27H32N2O5. The molecule has 0 radical (unpaired) electrons. The van der Waals surface area contributed by atoms with Crippen LogP contribution in [0.5, 0.6) is 0 Å². The molecule has 0 saturated heterocycles. The van der Waals surface area contributed by atoms with Crippen molar-refractivity contribution in [1.82, 2.24) is 10.2 Å². The SMILES string of the molecule is CCN(CCC1CC1)C(=O)C(CCC(=O)O)NC(=O)OCC1c2ccccc2-c2ccccc21. The Morgan fingerprint density at radius 1 is 1.06 bits per heavy atom. The quantitative estimate of drug-likeness (QED) is 0.514. The molecule has 1 unspecified atom stereocenters. The number of carboxylic acid groups (broad SMARTS) is 1. The fraction of sp³-hybridized carbons (Fsp3) is 0.444. The van der Waals surface area contributed by atoms with Gasteiger partial charge in [-0.15, -0.1) is 0 Å². The van der Waals surface area contributed by atoms with Crippen LogP contribution in [0.25, 0.3) is 11.1 Å². The molecule has 2 aromatic rings. The summed E-state index contributed by atoms with van der Waals surface area (Å²) in [5.74, 6) is -0.669. The smallest absolute Gasteiger partial charge is 0.407 e. The molecule has 2 aliphatic rings. The molecule has 7 nitrogen and oxygen atoms in total. The highest BCUT2D eigenvalue weighted by molar-refractivity contribution is 5.86. The van der Waals surface area contributed by atoms with Crippen LogP contribution in [0.3, 0.4) is 0 Å². The van der Waals surface area contributed by atoms with E-state index in [0.717, 1.165) is 28.7 Å². The molecule has 2 aliphatic carbocycles. The molecule has 0 aliphatic heterocycles. The van der Waals surface area contributed by atoms with E-state index < -0.39 is 18.1 Å². The number of nitrogens with one attached hydrogen (secondary N) is 1. The number of carbonyl (C=O) groups is 3. The minimum atomic E-state index is -1.01. The van der Waals surface area contributed by atoms with Gasteiger partial charge in [0.1, 0.15) is 12.6 Å². The highest BCUT2D eigenvalue weighted by atomic mass is 16.5. The molecule has 0 aromatic heterocycles. The number of hydrogen-bond acceptors (Lipinski definition) is 4. The van der Waals surface area contributed by atoms with Crippen molar-refractivity contribution in [2.75, 3.05) is 19.7 Å². The van der Waals surface area contributed by atoms with Gasteiger partial charge in [-0.2, -0.15) is 0 Å². The number of hydrogen-bond donors (Lipinski definition) is 2. The topological polar surface area (TPSA) is 95.9 Å². The van der Waals surface area contributed by atoms with Gasteiger partial charge in [-0.05, 0) is 47.9 Å². The molecule has 34 heavy (non-hydrogen) atoms. The van der Waals surface area contributed by atoms with E-state index in [1.54, 1.807) is 4.90 Å². The van der Waals surface area contributed by atoms with Gasteiger partial charge in [-0.25, -0.2) is 4.79 Å². The van der Waals surface area contributed by atoms with Gasteiger partial charge in [0.25, 0.3) is 0 Å². The number of rotatable bonds is 11. The number of nitrogens with zero attached hydrogens (tertiary/aromatic N) is 1. The van der Waals surface area contributed by atoms with Crippen LogP contribution in [-0.2, 0) is 14.3 Å². The largest absolute Gasteiger partial charge is 0.481 e. The molecule has 1 atom stereocenters. The first-order valence-electron chi connectivity index (χ1n) is 12.1. The Morgan fingerprint density at radius 2 is 1.68 bits per heavy atom. The summed E-state index contributed by atoms with van der Waals surface area (Å²) in [5.41, 5.74) is 4.48. The van der Waals surface area contributed by atoms with Crippen LogP contribution in [0.15, 0.2) is 48.5 Å². The van der Waals surface area contributed by atoms with Crippen molar-refractivity contribution < 1.29 is 24.2 Å². The summed E-state index contributed by atoms with van der Waals surface area (Å²) in [6, 6.07) is 15.2. The maximum absolute atomic E-state index is 13.1. The molecule has 2 amide bonds. The molecule has 2 aromatic carbocycles. The van der Waals surface area contributed by atoms with Crippen molar-refractivity contribution in [1.29, 1.82) is 0 Å². The zero-order valence-electron chi connectivity index (χ0n) is 19.5. The molecule has 2 N–H and O–H groups in total. The number of amides is 2. The second-order valence-electron chi connectivity index (χ2n) is 9.10. The average molecular weight is 465 g/mol. The highest BCUT2D eigenvalue weighted by Gasteiger charge is 2.31. The van der Waals surface area contributed by atoms with Crippen LogP contribution in [0, 0.1) is 5.92 Å². The molecule has 1 saturated carbocycles. The molecule has 0 spiro atoms. The van der Waals surface area contributed by atoms with Gasteiger partial charge in [0.2, 0.25) is 5.91 Å². The Balaban J connectivity index is 1.40. The number of carboxylic acids is 1. The maximum Gasteiger partial charge on any atom is 0.407 e. The fourth-order valence-corrected chi connectivity index (χ4v) is 4.70. The van der Waals surface area contributed by atoms with Gasteiger partial charge in [0, 0.05) is 25.4 Å². The number of aliphatic carboxylic acids is 1. The van der Waals surface area contributed by atoms with Crippen molar-refractivity contribution in [3.05, 3.63) is 59.7 Å². The van der Waals surface area contributed by atoms with E-state index in [1.165, 1.54) is 12.8 Å². The average Bonchev–Trinajstić information content (AvgIpc) is 3.61. The standard InChI is InChI=1S/C27H32N2O5/c1-2-29(16-15-18-11-12-18)26(32)24(13-14-25(30)31)28-27(33)34-17-23-21-9-5-3-7-19(21)20-8-4-6-10-22(20)23/h3-10,18,23-24H,2,11-17H2,1H3,(H,28,33)(H,30,31). The predicted octanol–water partition coefficient (Wildman–Crippen LogP) is 4.41. The lowest BCUT2D eigenvalue weighted by Crippen LogP contribution is -2.49. The number of alkyl carbamates (subject to hydrolysis) is 1. The van der Waals surface area contributed by atoms with Gasteiger partial charge in [-0.3, -0.25) is 9.59 Å². The summed E-state index contributed by atoms with van der Waals surface area (Å²) in [6.45, 7) is 3.17. The molecule has 7 heteroatoms. The van der Waals surface area contributed by atoms with Crippen LogP contribution >= 0.6 is 0 Å². The van der Waals surface area contributed by atoms with Crippen LogP contribution in [0.4, 0.5) is 4.79 Å². The third-order valence-electron chi connectivity index (χ3n) is 6.78. The third kappa shape index (κ3) is 5.58. The van der Waals surface area contributed by atoms with Crippen molar-refractivity contribution >= 4 is 18.0 Å². The summed E-state index contributed by atoms with van der Waals surface area (Å²) in [4.78, 5) is 38.7. The first-order chi connectivity index (χ1) is 16.5. The van der Waals surface area contributed by atoms with Gasteiger partial charge in [-0.1, -0.05) is 61.4 Å². The molecular weight excluding hydrogens is 432 g/mol. The van der Waals surface area contributed by atoms with E-state index in [-0.39, 0.29) is 31.3 Å². The van der Waals surface area contributed by atoms with Gasteiger partial charge in [0.15, 0.2) is 0 Å². The normalized spacial score (nSPS) is 15.2. The first-order valence-corrected chi connectivity index (χ1v) is 12.1. The van der Waals surface area contributed by atoms with Crippen LogP contribution in [0.1, 0.15) is 56.1 Å². The Hall–Kier alpha value is -3.35. The Bertz CT molecular complexity index is 1000. The van der Waals surface area contributed by atoms with Gasteiger partial charge in [0.05, 0.1) is 0 Å². The lowest BCUT2D eigenvalue weighted by Gasteiger charge is -2.27.